The average molecular weight is 353 g/mol. The molecule has 0 unspecified atom stereocenters. The molecule has 0 saturated carbocycles. The lowest BCUT2D eigenvalue weighted by Gasteiger charge is -2.18. The molecular weight excluding hydrogens is 334 g/mol. The number of esters is 1. The highest BCUT2D eigenvalue weighted by Gasteiger charge is 2.23. The molecule has 1 aromatic rings. The van der Waals surface area contributed by atoms with Crippen LogP contribution in [0.25, 0.3) is 0 Å². The molecule has 0 atom stereocenters. The normalized spacial score (nSPS) is 15.4. The van der Waals surface area contributed by atoms with Gasteiger partial charge in [-0.2, -0.15) is 5.10 Å². The maximum atomic E-state index is 12.1. The van der Waals surface area contributed by atoms with Crippen LogP contribution in [0.5, 0.6) is 0 Å². The van der Waals surface area contributed by atoms with Crippen molar-refractivity contribution in [2.24, 2.45) is 5.10 Å². The van der Waals surface area contributed by atoms with E-state index in [9.17, 15) is 18.0 Å². The second kappa shape index (κ2) is 7.10. The Balaban J connectivity index is 2.06. The van der Waals surface area contributed by atoms with Gasteiger partial charge in [0.15, 0.2) is 0 Å². The number of ether oxygens (including phenoxy) is 1. The van der Waals surface area contributed by atoms with Gasteiger partial charge in [0.2, 0.25) is 15.9 Å². The number of sulfonamides is 1. The van der Waals surface area contributed by atoms with Gasteiger partial charge in [-0.25, -0.2) is 22.5 Å². The summed E-state index contributed by atoms with van der Waals surface area (Å²) in [5.41, 5.74) is 0.723. The lowest BCUT2D eigenvalue weighted by molar-refractivity contribution is -0.137. The molecule has 1 amide bonds. The molecule has 0 spiro atoms. The zero-order valence-corrected chi connectivity index (χ0v) is 14.5. The fraction of sp³-hybridized carbons (Fsp3) is 0.400. The summed E-state index contributed by atoms with van der Waals surface area (Å²) in [6.07, 6.45) is 0.443. The largest absolute Gasteiger partial charge is 0.456 e. The zero-order valence-electron chi connectivity index (χ0n) is 13.7. The summed E-state index contributed by atoms with van der Waals surface area (Å²) in [6.45, 7) is -0.0771. The van der Waals surface area contributed by atoms with E-state index in [1.807, 2.05) is 0 Å². The molecular formula is C15H19N3O5S. The van der Waals surface area contributed by atoms with Gasteiger partial charge in [0.1, 0.15) is 12.3 Å². The SMILES string of the molecule is CN1N=C(C(=O)OCc2cccc(S(=O)(=O)N(C)C)c2)CCC1=O. The fourth-order valence-electron chi connectivity index (χ4n) is 2.06. The van der Waals surface area contributed by atoms with Gasteiger partial charge in [0.05, 0.1) is 4.90 Å². The number of rotatable bonds is 5. The molecule has 1 aromatic carbocycles. The zero-order chi connectivity index (χ0) is 17.9. The standard InChI is InChI=1S/C15H19N3O5S/c1-17(2)24(21,22)12-6-4-5-11(9-12)10-23-15(20)13-7-8-14(19)18(3)16-13/h4-6,9H,7-8,10H2,1-3H3. The first-order chi connectivity index (χ1) is 11.2. The molecule has 1 heterocycles. The molecule has 0 bridgehead atoms. The predicted molar refractivity (Wildman–Crippen MR) is 86.5 cm³/mol. The molecule has 130 valence electrons. The minimum Gasteiger partial charge on any atom is -0.456 e. The Morgan fingerprint density at radius 2 is 2.04 bits per heavy atom. The Morgan fingerprint density at radius 3 is 2.67 bits per heavy atom. The summed E-state index contributed by atoms with van der Waals surface area (Å²) in [5, 5.41) is 4.99. The van der Waals surface area contributed by atoms with E-state index in [1.54, 1.807) is 12.1 Å². The Labute approximate surface area is 140 Å². The van der Waals surface area contributed by atoms with Crippen molar-refractivity contribution in [3.8, 4) is 0 Å². The molecule has 2 rings (SSSR count). The monoisotopic (exact) mass is 353 g/mol. The summed E-state index contributed by atoms with van der Waals surface area (Å²) >= 11 is 0. The van der Waals surface area contributed by atoms with Crippen molar-refractivity contribution in [2.45, 2.75) is 24.3 Å². The number of nitrogens with zero attached hydrogens (tertiary/aromatic N) is 3. The van der Waals surface area contributed by atoms with Crippen molar-refractivity contribution in [1.29, 1.82) is 0 Å². The number of carbonyl (C=O) groups is 2. The van der Waals surface area contributed by atoms with Crippen molar-refractivity contribution in [3.05, 3.63) is 29.8 Å². The topological polar surface area (TPSA) is 96.3 Å². The maximum absolute atomic E-state index is 12.1. The van der Waals surface area contributed by atoms with Crippen molar-refractivity contribution >= 4 is 27.6 Å². The van der Waals surface area contributed by atoms with Gasteiger partial charge in [-0.05, 0) is 17.7 Å². The predicted octanol–water partition coefficient (Wildman–Crippen LogP) is 0.588. The minimum atomic E-state index is -3.55. The lowest BCUT2D eigenvalue weighted by Crippen LogP contribution is -2.32. The first-order valence-electron chi connectivity index (χ1n) is 7.24. The van der Waals surface area contributed by atoms with Gasteiger partial charge < -0.3 is 4.74 Å². The Morgan fingerprint density at radius 1 is 1.33 bits per heavy atom. The van der Waals surface area contributed by atoms with E-state index in [2.05, 4.69) is 5.10 Å². The second-order valence-electron chi connectivity index (χ2n) is 5.48. The number of hydrogen-bond donors (Lipinski definition) is 0. The van der Waals surface area contributed by atoms with Crippen LogP contribution in [0.1, 0.15) is 18.4 Å². The highest BCUT2D eigenvalue weighted by Crippen LogP contribution is 2.16. The molecule has 8 nitrogen and oxygen atoms in total. The van der Waals surface area contributed by atoms with Crippen LogP contribution in [-0.4, -0.2) is 56.5 Å². The molecule has 0 fully saturated rings. The second-order valence-corrected chi connectivity index (χ2v) is 7.63. The quantitative estimate of drug-likeness (QED) is 0.722. The van der Waals surface area contributed by atoms with E-state index < -0.39 is 16.0 Å². The summed E-state index contributed by atoms with van der Waals surface area (Å²) < 4.78 is 30.5. The van der Waals surface area contributed by atoms with Gasteiger partial charge in [0.25, 0.3) is 0 Å². The first kappa shape index (κ1) is 18.1. The molecule has 1 aliphatic rings. The maximum Gasteiger partial charge on any atom is 0.354 e. The van der Waals surface area contributed by atoms with Crippen LogP contribution in [0.2, 0.25) is 0 Å². The van der Waals surface area contributed by atoms with Crippen LogP contribution < -0.4 is 0 Å². The smallest absolute Gasteiger partial charge is 0.354 e. The Bertz CT molecular complexity index is 786. The Hall–Kier alpha value is -2.26. The highest BCUT2D eigenvalue weighted by atomic mass is 32.2. The van der Waals surface area contributed by atoms with E-state index in [1.165, 1.54) is 33.3 Å². The van der Waals surface area contributed by atoms with E-state index in [-0.39, 0.29) is 36.0 Å². The van der Waals surface area contributed by atoms with Crippen LogP contribution in [0, 0.1) is 0 Å². The third-order valence-electron chi connectivity index (χ3n) is 3.49. The van der Waals surface area contributed by atoms with Gasteiger partial charge >= 0.3 is 5.97 Å². The average Bonchev–Trinajstić information content (AvgIpc) is 2.55. The number of benzene rings is 1. The number of hydrogen-bond acceptors (Lipinski definition) is 6. The van der Waals surface area contributed by atoms with Crippen molar-refractivity contribution in [1.82, 2.24) is 9.31 Å². The van der Waals surface area contributed by atoms with Gasteiger partial charge in [0, 0.05) is 34.0 Å². The number of carbonyl (C=O) groups excluding carboxylic acids is 2. The third kappa shape index (κ3) is 3.98. The van der Waals surface area contributed by atoms with E-state index >= 15 is 0 Å². The molecule has 0 N–H and O–H groups in total. The summed E-state index contributed by atoms with van der Waals surface area (Å²) in [6, 6.07) is 6.19. The Kier molecular flexibility index (Phi) is 5.35. The van der Waals surface area contributed by atoms with Gasteiger partial charge in [-0.3, -0.25) is 4.79 Å². The van der Waals surface area contributed by atoms with Crippen molar-refractivity contribution in [3.63, 3.8) is 0 Å². The highest BCUT2D eigenvalue weighted by molar-refractivity contribution is 7.89. The van der Waals surface area contributed by atoms with E-state index in [4.69, 9.17) is 4.74 Å². The van der Waals surface area contributed by atoms with Crippen LogP contribution in [-0.2, 0) is 31.0 Å². The molecule has 0 aromatic heterocycles. The van der Waals surface area contributed by atoms with Crippen LogP contribution in [0.4, 0.5) is 0 Å². The summed E-state index contributed by atoms with van der Waals surface area (Å²) in [4.78, 5) is 23.5. The lowest BCUT2D eigenvalue weighted by atomic mass is 10.2. The first-order valence-corrected chi connectivity index (χ1v) is 8.68. The summed E-state index contributed by atoms with van der Waals surface area (Å²) in [5.74, 6) is -0.775. The molecule has 0 aliphatic carbocycles. The van der Waals surface area contributed by atoms with Gasteiger partial charge in [-0.1, -0.05) is 12.1 Å². The van der Waals surface area contributed by atoms with Crippen molar-refractivity contribution in [2.75, 3.05) is 21.1 Å². The van der Waals surface area contributed by atoms with Crippen LogP contribution >= 0.6 is 0 Å². The number of hydrazone groups is 1. The molecule has 0 radical (unpaired) electrons. The molecule has 24 heavy (non-hydrogen) atoms. The molecule has 0 saturated heterocycles. The third-order valence-corrected chi connectivity index (χ3v) is 5.30. The molecule has 9 heteroatoms. The van der Waals surface area contributed by atoms with Crippen molar-refractivity contribution < 1.29 is 22.7 Å². The van der Waals surface area contributed by atoms with E-state index in [0.29, 0.717) is 5.56 Å². The fourth-order valence-corrected chi connectivity index (χ4v) is 3.03. The number of amides is 1. The van der Waals surface area contributed by atoms with Gasteiger partial charge in [-0.15, -0.1) is 0 Å². The van der Waals surface area contributed by atoms with E-state index in [0.717, 1.165) is 9.31 Å². The summed E-state index contributed by atoms with van der Waals surface area (Å²) in [7, 11) is 0.821. The minimum absolute atomic E-state index is 0.0771. The molecule has 1 aliphatic heterocycles. The van der Waals surface area contributed by atoms with Crippen LogP contribution in [0.3, 0.4) is 0 Å². The van der Waals surface area contributed by atoms with Crippen LogP contribution in [0.15, 0.2) is 34.3 Å².